The molecule has 52 valence electrons. The number of ether oxygens (including phenoxy) is 1. The third-order valence-electron chi connectivity index (χ3n) is 2.20. The minimum absolute atomic E-state index is 0.0463. The highest BCUT2D eigenvalue weighted by molar-refractivity contribution is 5.74. The summed E-state index contributed by atoms with van der Waals surface area (Å²) in [7, 11) is 0. The number of cyclic esters (lactones) is 1. The van der Waals surface area contributed by atoms with Crippen molar-refractivity contribution in [3.63, 3.8) is 0 Å². The van der Waals surface area contributed by atoms with E-state index in [0.29, 0.717) is 5.92 Å². The lowest BCUT2D eigenvalue weighted by molar-refractivity contribution is -0.143. The normalized spacial score (nSPS) is 43.0. The fourth-order valence-corrected chi connectivity index (χ4v) is 1.02. The van der Waals surface area contributed by atoms with Gasteiger partial charge >= 0.3 is 5.97 Å². The average Bonchev–Trinajstić information content (AvgIpc) is 1.98. The molecule has 0 aromatic rings. The Morgan fingerprint density at radius 2 is 1.89 bits per heavy atom. The molecular formula is C7H12O2. The van der Waals surface area contributed by atoms with E-state index < -0.39 is 0 Å². The second kappa shape index (κ2) is 2.01. The summed E-state index contributed by atoms with van der Waals surface area (Å²) in [5.74, 6) is 0.437. The second-order valence-electron chi connectivity index (χ2n) is 2.79. The van der Waals surface area contributed by atoms with Crippen molar-refractivity contribution in [1.82, 2.24) is 0 Å². The van der Waals surface area contributed by atoms with Crippen LogP contribution in [0.5, 0.6) is 0 Å². The number of carbonyl (C=O) groups is 1. The van der Waals surface area contributed by atoms with E-state index in [-0.39, 0.29) is 18.0 Å². The predicted molar refractivity (Wildman–Crippen MR) is 33.9 cm³/mol. The van der Waals surface area contributed by atoms with Crippen LogP contribution in [0.2, 0.25) is 0 Å². The molecule has 2 heteroatoms. The summed E-state index contributed by atoms with van der Waals surface area (Å²) < 4.78 is 4.95. The van der Waals surface area contributed by atoms with E-state index in [1.807, 2.05) is 20.8 Å². The highest BCUT2D eigenvalue weighted by Crippen LogP contribution is 2.26. The fourth-order valence-electron chi connectivity index (χ4n) is 1.02. The molecule has 0 unspecified atom stereocenters. The zero-order valence-electron chi connectivity index (χ0n) is 6.05. The van der Waals surface area contributed by atoms with Crippen LogP contribution in [0, 0.1) is 11.8 Å². The van der Waals surface area contributed by atoms with Gasteiger partial charge in [0.2, 0.25) is 0 Å². The van der Waals surface area contributed by atoms with Gasteiger partial charge in [-0.2, -0.15) is 0 Å². The largest absolute Gasteiger partial charge is 0.462 e. The summed E-state index contributed by atoms with van der Waals surface area (Å²) in [6.07, 6.45) is 0.118. The van der Waals surface area contributed by atoms with Crippen molar-refractivity contribution in [2.45, 2.75) is 26.9 Å². The Bertz CT molecular complexity index is 131. The maximum atomic E-state index is 10.8. The van der Waals surface area contributed by atoms with Crippen LogP contribution in [-0.2, 0) is 9.53 Å². The number of rotatable bonds is 0. The Morgan fingerprint density at radius 3 is 2.00 bits per heavy atom. The zero-order chi connectivity index (χ0) is 7.02. The van der Waals surface area contributed by atoms with Crippen LogP contribution in [0.4, 0.5) is 0 Å². The quantitative estimate of drug-likeness (QED) is 0.458. The Kier molecular flexibility index (Phi) is 1.47. The second-order valence-corrected chi connectivity index (χ2v) is 2.79. The van der Waals surface area contributed by atoms with Gasteiger partial charge in [0, 0.05) is 5.92 Å². The van der Waals surface area contributed by atoms with Crippen LogP contribution in [-0.4, -0.2) is 12.1 Å². The van der Waals surface area contributed by atoms with E-state index in [9.17, 15) is 4.79 Å². The molecule has 0 amide bonds. The average molecular weight is 128 g/mol. The van der Waals surface area contributed by atoms with Gasteiger partial charge in [0.25, 0.3) is 0 Å². The standard InChI is InChI=1S/C7H12O2/c1-4-5(2)7(8)9-6(4)3/h4-6H,1-3H3/t4-,5+,6+/m1/s1. The van der Waals surface area contributed by atoms with Crippen LogP contribution >= 0.6 is 0 Å². The number of carbonyl (C=O) groups excluding carboxylic acids is 1. The van der Waals surface area contributed by atoms with E-state index >= 15 is 0 Å². The Morgan fingerprint density at radius 1 is 1.33 bits per heavy atom. The lowest BCUT2D eigenvalue weighted by Crippen LogP contribution is -2.11. The molecule has 0 radical (unpaired) electrons. The van der Waals surface area contributed by atoms with Crippen LogP contribution in [0.3, 0.4) is 0 Å². The van der Waals surface area contributed by atoms with Gasteiger partial charge in [0.15, 0.2) is 0 Å². The van der Waals surface area contributed by atoms with Gasteiger partial charge in [0.05, 0.1) is 5.92 Å². The van der Waals surface area contributed by atoms with Gasteiger partial charge in [-0.15, -0.1) is 0 Å². The highest BCUT2D eigenvalue weighted by Gasteiger charge is 2.35. The van der Waals surface area contributed by atoms with Crippen LogP contribution in [0.25, 0.3) is 0 Å². The van der Waals surface area contributed by atoms with Gasteiger partial charge in [-0.3, -0.25) is 4.79 Å². The van der Waals surface area contributed by atoms with Crippen molar-refractivity contribution in [2.75, 3.05) is 0 Å². The first-order valence-electron chi connectivity index (χ1n) is 3.33. The smallest absolute Gasteiger partial charge is 0.309 e. The first-order valence-corrected chi connectivity index (χ1v) is 3.33. The molecule has 0 N–H and O–H groups in total. The maximum absolute atomic E-state index is 10.8. The van der Waals surface area contributed by atoms with Crippen molar-refractivity contribution >= 4 is 5.97 Å². The third-order valence-corrected chi connectivity index (χ3v) is 2.20. The molecule has 3 atom stereocenters. The van der Waals surface area contributed by atoms with Crippen molar-refractivity contribution in [3.05, 3.63) is 0 Å². The van der Waals surface area contributed by atoms with Crippen molar-refractivity contribution < 1.29 is 9.53 Å². The maximum Gasteiger partial charge on any atom is 0.309 e. The van der Waals surface area contributed by atoms with Crippen molar-refractivity contribution in [1.29, 1.82) is 0 Å². The lowest BCUT2D eigenvalue weighted by Gasteiger charge is -2.06. The van der Waals surface area contributed by atoms with Crippen molar-refractivity contribution in [3.8, 4) is 0 Å². The van der Waals surface area contributed by atoms with E-state index in [0.717, 1.165) is 0 Å². The minimum Gasteiger partial charge on any atom is -0.462 e. The highest BCUT2D eigenvalue weighted by atomic mass is 16.6. The molecular weight excluding hydrogens is 116 g/mol. The molecule has 1 saturated heterocycles. The molecule has 0 aliphatic carbocycles. The van der Waals surface area contributed by atoms with Gasteiger partial charge in [-0.1, -0.05) is 13.8 Å². The summed E-state index contributed by atoms with van der Waals surface area (Å²) in [5.41, 5.74) is 0. The molecule has 0 bridgehead atoms. The third kappa shape index (κ3) is 0.934. The van der Waals surface area contributed by atoms with Crippen LogP contribution < -0.4 is 0 Å². The van der Waals surface area contributed by atoms with E-state index in [1.165, 1.54) is 0 Å². The predicted octanol–water partition coefficient (Wildman–Crippen LogP) is 1.20. The summed E-state index contributed by atoms with van der Waals surface area (Å²) in [6.45, 7) is 5.89. The summed E-state index contributed by atoms with van der Waals surface area (Å²) in [4.78, 5) is 10.8. The van der Waals surface area contributed by atoms with Gasteiger partial charge in [-0.25, -0.2) is 0 Å². The Balaban J connectivity index is 2.65. The summed E-state index contributed by atoms with van der Waals surface area (Å²) in [5, 5.41) is 0. The molecule has 1 rings (SSSR count). The zero-order valence-corrected chi connectivity index (χ0v) is 6.05. The number of hydrogen-bond acceptors (Lipinski definition) is 2. The molecule has 1 heterocycles. The fraction of sp³-hybridized carbons (Fsp3) is 0.857. The lowest BCUT2D eigenvalue weighted by atomic mass is 9.95. The van der Waals surface area contributed by atoms with Crippen LogP contribution in [0.1, 0.15) is 20.8 Å². The van der Waals surface area contributed by atoms with Gasteiger partial charge in [-0.05, 0) is 6.92 Å². The van der Waals surface area contributed by atoms with E-state index in [2.05, 4.69) is 0 Å². The van der Waals surface area contributed by atoms with Gasteiger partial charge < -0.3 is 4.74 Å². The van der Waals surface area contributed by atoms with Gasteiger partial charge in [0.1, 0.15) is 6.10 Å². The molecule has 2 nitrogen and oxygen atoms in total. The van der Waals surface area contributed by atoms with Crippen molar-refractivity contribution in [2.24, 2.45) is 11.8 Å². The van der Waals surface area contributed by atoms with Crippen LogP contribution in [0.15, 0.2) is 0 Å². The molecule has 9 heavy (non-hydrogen) atoms. The first-order chi connectivity index (χ1) is 4.13. The molecule has 0 aromatic heterocycles. The summed E-state index contributed by atoms with van der Waals surface area (Å²) >= 11 is 0. The Labute approximate surface area is 55.2 Å². The monoisotopic (exact) mass is 128 g/mol. The number of esters is 1. The topological polar surface area (TPSA) is 26.3 Å². The minimum atomic E-state index is -0.0463. The van der Waals surface area contributed by atoms with E-state index in [4.69, 9.17) is 4.74 Å². The SMILES string of the molecule is C[C@H]1[C@H](C)OC(=O)[C@H]1C. The molecule has 1 fully saturated rings. The Hall–Kier alpha value is -0.530. The first kappa shape index (κ1) is 6.59. The van der Waals surface area contributed by atoms with E-state index in [1.54, 1.807) is 0 Å². The summed E-state index contributed by atoms with van der Waals surface area (Å²) in [6, 6.07) is 0. The molecule has 0 spiro atoms. The number of hydrogen-bond donors (Lipinski definition) is 0. The molecule has 0 saturated carbocycles. The molecule has 1 aliphatic rings. The molecule has 1 aliphatic heterocycles. The molecule has 0 aromatic carbocycles.